The smallest absolute Gasteiger partial charge is 0.317 e. The number of likely N-dealkylation sites (tertiary alicyclic amines) is 1. The van der Waals surface area contributed by atoms with Crippen LogP contribution in [0.25, 0.3) is 0 Å². The van der Waals surface area contributed by atoms with Crippen molar-refractivity contribution in [2.75, 3.05) is 13.1 Å². The fourth-order valence-electron chi connectivity index (χ4n) is 2.14. The van der Waals surface area contributed by atoms with Gasteiger partial charge in [0.1, 0.15) is 0 Å². The van der Waals surface area contributed by atoms with E-state index in [9.17, 15) is 9.90 Å². The summed E-state index contributed by atoms with van der Waals surface area (Å²) in [4.78, 5) is 13.6. The molecule has 2 atom stereocenters. The number of amides is 2. The number of hydrogen-bond donors (Lipinski definition) is 2. The molecule has 2 N–H and O–H groups in total. The first kappa shape index (κ1) is 10.7. The molecule has 0 bridgehead atoms. The number of carbonyl (C=O) groups is 1. The zero-order valence-electron chi connectivity index (χ0n) is 9.28. The van der Waals surface area contributed by atoms with Crippen molar-refractivity contribution in [2.45, 2.75) is 44.8 Å². The molecular weight excluding hydrogens is 192 g/mol. The number of hydrogen-bond acceptors (Lipinski definition) is 2. The van der Waals surface area contributed by atoms with Crippen LogP contribution in [-0.4, -0.2) is 41.3 Å². The Morgan fingerprint density at radius 2 is 2.13 bits per heavy atom. The van der Waals surface area contributed by atoms with E-state index in [-0.39, 0.29) is 18.1 Å². The summed E-state index contributed by atoms with van der Waals surface area (Å²) in [6.07, 6.45) is 3.95. The lowest BCUT2D eigenvalue weighted by molar-refractivity contribution is 0.0469. The van der Waals surface area contributed by atoms with Crippen LogP contribution < -0.4 is 5.32 Å². The van der Waals surface area contributed by atoms with Crippen molar-refractivity contribution >= 4 is 6.03 Å². The largest absolute Gasteiger partial charge is 0.393 e. The molecule has 0 aromatic heterocycles. The summed E-state index contributed by atoms with van der Waals surface area (Å²) >= 11 is 0. The Labute approximate surface area is 90.6 Å². The molecule has 0 aromatic carbocycles. The summed E-state index contributed by atoms with van der Waals surface area (Å²) in [5.74, 6) is 0.200. The first-order valence-corrected chi connectivity index (χ1v) is 5.90. The van der Waals surface area contributed by atoms with Gasteiger partial charge in [0, 0.05) is 19.1 Å². The van der Waals surface area contributed by atoms with Gasteiger partial charge in [-0.2, -0.15) is 0 Å². The summed E-state index contributed by atoms with van der Waals surface area (Å²) in [5.41, 5.74) is 0. The van der Waals surface area contributed by atoms with Crippen molar-refractivity contribution in [1.29, 1.82) is 0 Å². The lowest BCUT2D eigenvalue weighted by Crippen LogP contribution is -2.52. The Bertz CT molecular complexity index is 241. The van der Waals surface area contributed by atoms with Crippen LogP contribution in [0.15, 0.2) is 0 Å². The van der Waals surface area contributed by atoms with Crippen LogP contribution in [0, 0.1) is 5.92 Å². The van der Waals surface area contributed by atoms with Gasteiger partial charge in [0.25, 0.3) is 0 Å². The van der Waals surface area contributed by atoms with Crippen LogP contribution in [0.4, 0.5) is 4.79 Å². The number of aliphatic hydroxyl groups excluding tert-OH is 1. The van der Waals surface area contributed by atoms with Crippen molar-refractivity contribution in [2.24, 2.45) is 5.92 Å². The summed E-state index contributed by atoms with van der Waals surface area (Å²) in [6, 6.07) is 0.457. The van der Waals surface area contributed by atoms with Crippen LogP contribution in [0.5, 0.6) is 0 Å². The zero-order valence-corrected chi connectivity index (χ0v) is 9.28. The van der Waals surface area contributed by atoms with Crippen LogP contribution in [-0.2, 0) is 0 Å². The van der Waals surface area contributed by atoms with E-state index in [2.05, 4.69) is 5.32 Å². The van der Waals surface area contributed by atoms with E-state index in [4.69, 9.17) is 0 Å². The van der Waals surface area contributed by atoms with E-state index in [1.54, 1.807) is 0 Å². The van der Waals surface area contributed by atoms with Crippen LogP contribution in [0.1, 0.15) is 32.6 Å². The lowest BCUT2D eigenvalue weighted by atomic mass is 9.93. The Morgan fingerprint density at radius 3 is 2.67 bits per heavy atom. The second-order valence-corrected chi connectivity index (χ2v) is 4.86. The molecule has 2 fully saturated rings. The van der Waals surface area contributed by atoms with Crippen molar-refractivity contribution < 1.29 is 9.90 Å². The molecule has 2 amide bonds. The number of urea groups is 1. The molecule has 1 saturated carbocycles. The van der Waals surface area contributed by atoms with Gasteiger partial charge in [0.15, 0.2) is 0 Å². The van der Waals surface area contributed by atoms with Crippen molar-refractivity contribution in [1.82, 2.24) is 10.2 Å². The van der Waals surface area contributed by atoms with Gasteiger partial charge in [-0.3, -0.25) is 0 Å². The molecular formula is C11H20N2O2. The third-order valence-corrected chi connectivity index (χ3v) is 3.58. The molecule has 1 aliphatic heterocycles. The summed E-state index contributed by atoms with van der Waals surface area (Å²) < 4.78 is 0. The highest BCUT2D eigenvalue weighted by molar-refractivity contribution is 5.74. The first-order valence-electron chi connectivity index (χ1n) is 5.90. The topological polar surface area (TPSA) is 52.6 Å². The highest BCUT2D eigenvalue weighted by Gasteiger charge is 2.29. The maximum Gasteiger partial charge on any atom is 0.317 e. The molecule has 4 nitrogen and oxygen atoms in total. The van der Waals surface area contributed by atoms with Crippen molar-refractivity contribution in [3.8, 4) is 0 Å². The number of carbonyl (C=O) groups excluding carboxylic acids is 1. The molecule has 1 aliphatic carbocycles. The molecule has 1 heterocycles. The third-order valence-electron chi connectivity index (χ3n) is 3.58. The van der Waals surface area contributed by atoms with E-state index in [1.165, 1.54) is 6.42 Å². The minimum absolute atomic E-state index is 0.0541. The number of nitrogens with zero attached hydrogens (tertiary/aromatic N) is 1. The van der Waals surface area contributed by atoms with Gasteiger partial charge in [-0.05, 0) is 31.6 Å². The maximum absolute atomic E-state index is 11.8. The zero-order chi connectivity index (χ0) is 10.8. The van der Waals surface area contributed by atoms with Crippen LogP contribution in [0.2, 0.25) is 0 Å². The molecule has 0 aromatic rings. The number of nitrogens with one attached hydrogen (secondary N) is 1. The molecule has 0 spiro atoms. The molecule has 0 radical (unpaired) electrons. The fraction of sp³-hybridized carbons (Fsp3) is 0.909. The van der Waals surface area contributed by atoms with Gasteiger partial charge in [-0.1, -0.05) is 6.92 Å². The Kier molecular flexibility index (Phi) is 3.14. The minimum atomic E-state index is -0.238. The quantitative estimate of drug-likeness (QED) is 0.680. The highest BCUT2D eigenvalue weighted by Crippen LogP contribution is 2.20. The standard InChI is InChI=1S/C11H20N2O2/c1-8-7-13(6-5-10(8)14)11(15)12-9-3-2-4-9/h8-10,14H,2-7H2,1H3,(H,12,15). The summed E-state index contributed by atoms with van der Waals surface area (Å²) in [5, 5.41) is 12.6. The summed E-state index contributed by atoms with van der Waals surface area (Å²) in [7, 11) is 0. The summed E-state index contributed by atoms with van der Waals surface area (Å²) in [6.45, 7) is 3.36. The van der Waals surface area contributed by atoms with Gasteiger partial charge in [0.2, 0.25) is 0 Å². The average Bonchev–Trinajstić information content (AvgIpc) is 2.15. The third kappa shape index (κ3) is 2.43. The van der Waals surface area contributed by atoms with Gasteiger partial charge in [-0.25, -0.2) is 4.79 Å². The van der Waals surface area contributed by atoms with Crippen molar-refractivity contribution in [3.05, 3.63) is 0 Å². The van der Waals surface area contributed by atoms with Gasteiger partial charge >= 0.3 is 6.03 Å². The fourth-order valence-corrected chi connectivity index (χ4v) is 2.14. The molecule has 86 valence electrons. The first-order chi connectivity index (χ1) is 7.16. The van der Waals surface area contributed by atoms with E-state index in [1.807, 2.05) is 11.8 Å². The SMILES string of the molecule is CC1CN(C(=O)NC2CCC2)CCC1O. The second-order valence-electron chi connectivity index (χ2n) is 4.86. The molecule has 1 saturated heterocycles. The lowest BCUT2D eigenvalue weighted by Gasteiger charge is -2.36. The highest BCUT2D eigenvalue weighted by atomic mass is 16.3. The monoisotopic (exact) mass is 212 g/mol. The predicted octanol–water partition coefficient (Wildman–Crippen LogP) is 0.951. The minimum Gasteiger partial charge on any atom is -0.393 e. The maximum atomic E-state index is 11.8. The predicted molar refractivity (Wildman–Crippen MR) is 57.5 cm³/mol. The van der Waals surface area contributed by atoms with Crippen LogP contribution in [0.3, 0.4) is 0 Å². The van der Waals surface area contributed by atoms with Gasteiger partial charge < -0.3 is 15.3 Å². The normalized spacial score (nSPS) is 32.3. The van der Waals surface area contributed by atoms with E-state index >= 15 is 0 Å². The number of rotatable bonds is 1. The second kappa shape index (κ2) is 4.39. The molecule has 15 heavy (non-hydrogen) atoms. The Hall–Kier alpha value is -0.770. The average molecular weight is 212 g/mol. The van der Waals surface area contributed by atoms with E-state index in [0.29, 0.717) is 25.6 Å². The molecule has 2 rings (SSSR count). The number of piperidine rings is 1. The molecule has 2 aliphatic rings. The Morgan fingerprint density at radius 1 is 1.40 bits per heavy atom. The molecule has 4 heteroatoms. The molecule has 2 unspecified atom stereocenters. The van der Waals surface area contributed by atoms with Gasteiger partial charge in [0.05, 0.1) is 6.10 Å². The van der Waals surface area contributed by atoms with E-state index < -0.39 is 0 Å². The van der Waals surface area contributed by atoms with Crippen molar-refractivity contribution in [3.63, 3.8) is 0 Å². The van der Waals surface area contributed by atoms with Gasteiger partial charge in [-0.15, -0.1) is 0 Å². The van der Waals surface area contributed by atoms with Crippen LogP contribution >= 0.6 is 0 Å². The number of aliphatic hydroxyl groups is 1. The van der Waals surface area contributed by atoms with E-state index in [0.717, 1.165) is 12.8 Å². The Balaban J connectivity index is 1.79.